The molecule has 1 saturated heterocycles. The Kier molecular flexibility index (Phi) is 7.79. The van der Waals surface area contributed by atoms with Crippen molar-refractivity contribution < 1.29 is 14.6 Å². The van der Waals surface area contributed by atoms with Crippen LogP contribution < -0.4 is 20.1 Å². The Labute approximate surface area is 162 Å². The first kappa shape index (κ1) is 20.9. The number of ether oxygens (including phenoxy) is 2. The highest BCUT2D eigenvalue weighted by Crippen LogP contribution is 2.36. The molecule has 0 unspecified atom stereocenters. The molecule has 0 radical (unpaired) electrons. The van der Waals surface area contributed by atoms with Gasteiger partial charge in [0.25, 0.3) is 0 Å². The predicted octanol–water partition coefficient (Wildman–Crippen LogP) is 2.11. The van der Waals surface area contributed by atoms with E-state index < -0.39 is 0 Å². The van der Waals surface area contributed by atoms with Crippen molar-refractivity contribution in [2.75, 3.05) is 40.9 Å². The van der Waals surface area contributed by atoms with Crippen molar-refractivity contribution in [3.8, 4) is 17.2 Å². The third-order valence-electron chi connectivity index (χ3n) is 4.65. The van der Waals surface area contributed by atoms with Gasteiger partial charge < -0.3 is 25.2 Å². The van der Waals surface area contributed by atoms with E-state index in [0.717, 1.165) is 44.0 Å². The highest BCUT2D eigenvalue weighted by molar-refractivity contribution is 5.80. The number of nitrogens with one attached hydrogen (secondary N) is 2. The van der Waals surface area contributed by atoms with Gasteiger partial charge in [-0.1, -0.05) is 12.2 Å². The standard InChI is InChI=1S/C20H32N4O3/c1-14(2)13-24-8-6-16(7-9-24)23-20(21-3)22-12-15-10-17(26-4)19(25)18(11-15)27-5/h10-11,16,25H,1,6-9,12-13H2,2-5H3,(H2,21,22,23). The number of phenols is 1. The number of hydrogen-bond acceptors (Lipinski definition) is 5. The fourth-order valence-corrected chi connectivity index (χ4v) is 3.24. The Hall–Kier alpha value is -2.41. The summed E-state index contributed by atoms with van der Waals surface area (Å²) >= 11 is 0. The minimum Gasteiger partial charge on any atom is -0.502 e. The van der Waals surface area contributed by atoms with Crippen LogP contribution in [-0.4, -0.2) is 62.9 Å². The second-order valence-electron chi connectivity index (χ2n) is 6.93. The molecule has 0 spiro atoms. The fourth-order valence-electron chi connectivity index (χ4n) is 3.24. The number of likely N-dealkylation sites (tertiary alicyclic amines) is 1. The van der Waals surface area contributed by atoms with Crippen molar-refractivity contribution in [3.63, 3.8) is 0 Å². The Morgan fingerprint density at radius 2 is 1.85 bits per heavy atom. The highest BCUT2D eigenvalue weighted by atomic mass is 16.5. The minimum absolute atomic E-state index is 0.00720. The molecule has 1 fully saturated rings. The number of piperidine rings is 1. The third kappa shape index (κ3) is 6.06. The zero-order valence-corrected chi connectivity index (χ0v) is 16.8. The van der Waals surface area contributed by atoms with Crippen LogP contribution in [0.5, 0.6) is 17.2 Å². The normalized spacial score (nSPS) is 16.1. The molecule has 1 aliphatic heterocycles. The van der Waals surface area contributed by atoms with Crippen molar-refractivity contribution >= 4 is 5.96 Å². The van der Waals surface area contributed by atoms with Crippen LogP contribution >= 0.6 is 0 Å². The molecule has 1 aliphatic rings. The summed E-state index contributed by atoms with van der Waals surface area (Å²) in [6, 6.07) is 3.98. The number of nitrogens with zero attached hydrogens (tertiary/aromatic N) is 2. The van der Waals surface area contributed by atoms with E-state index in [0.29, 0.717) is 24.1 Å². The van der Waals surface area contributed by atoms with Gasteiger partial charge in [-0.25, -0.2) is 0 Å². The molecule has 1 aromatic rings. The second-order valence-corrected chi connectivity index (χ2v) is 6.93. The second kappa shape index (κ2) is 10.1. The van der Waals surface area contributed by atoms with Gasteiger partial charge in [0.15, 0.2) is 17.5 Å². The van der Waals surface area contributed by atoms with Gasteiger partial charge in [-0.15, -0.1) is 0 Å². The molecule has 1 aromatic carbocycles. The molecule has 150 valence electrons. The van der Waals surface area contributed by atoms with E-state index >= 15 is 0 Å². The summed E-state index contributed by atoms with van der Waals surface area (Å²) in [5, 5.41) is 16.8. The molecule has 0 aromatic heterocycles. The molecule has 0 atom stereocenters. The van der Waals surface area contributed by atoms with Crippen molar-refractivity contribution in [3.05, 3.63) is 29.8 Å². The maximum atomic E-state index is 10.0. The summed E-state index contributed by atoms with van der Waals surface area (Å²) in [4.78, 5) is 6.76. The minimum atomic E-state index is 0.00720. The van der Waals surface area contributed by atoms with Gasteiger partial charge in [0, 0.05) is 39.3 Å². The van der Waals surface area contributed by atoms with E-state index in [2.05, 4.69) is 34.0 Å². The zero-order valence-electron chi connectivity index (χ0n) is 16.8. The number of aliphatic imine (C=N–C) groups is 1. The number of rotatable bonds is 7. The fraction of sp³-hybridized carbons (Fsp3) is 0.550. The quantitative estimate of drug-likeness (QED) is 0.384. The van der Waals surface area contributed by atoms with Gasteiger partial charge in [0.1, 0.15) is 0 Å². The molecule has 0 saturated carbocycles. The van der Waals surface area contributed by atoms with Crippen LogP contribution in [0.2, 0.25) is 0 Å². The van der Waals surface area contributed by atoms with Crippen molar-refractivity contribution in [1.29, 1.82) is 0 Å². The van der Waals surface area contributed by atoms with Gasteiger partial charge >= 0.3 is 0 Å². The van der Waals surface area contributed by atoms with Crippen LogP contribution in [0.25, 0.3) is 0 Å². The summed E-state index contributed by atoms with van der Waals surface area (Å²) in [6.07, 6.45) is 2.16. The van der Waals surface area contributed by atoms with Crippen LogP contribution in [0.15, 0.2) is 29.3 Å². The number of guanidine groups is 1. The van der Waals surface area contributed by atoms with Gasteiger partial charge in [0.05, 0.1) is 14.2 Å². The van der Waals surface area contributed by atoms with Crippen LogP contribution in [-0.2, 0) is 6.54 Å². The Balaban J connectivity index is 1.89. The average molecular weight is 377 g/mol. The topological polar surface area (TPSA) is 78.4 Å². The maximum Gasteiger partial charge on any atom is 0.200 e. The summed E-state index contributed by atoms with van der Waals surface area (Å²) in [5.74, 6) is 1.55. The maximum absolute atomic E-state index is 10.0. The Bertz CT molecular complexity index is 642. The lowest BCUT2D eigenvalue weighted by molar-refractivity contribution is 0.221. The first-order chi connectivity index (χ1) is 13.0. The van der Waals surface area contributed by atoms with Crippen LogP contribution in [0.1, 0.15) is 25.3 Å². The van der Waals surface area contributed by atoms with E-state index in [1.54, 1.807) is 19.2 Å². The Morgan fingerprint density at radius 3 is 2.33 bits per heavy atom. The van der Waals surface area contributed by atoms with Gasteiger partial charge in [-0.05, 0) is 37.5 Å². The predicted molar refractivity (Wildman–Crippen MR) is 109 cm³/mol. The third-order valence-corrected chi connectivity index (χ3v) is 4.65. The molecule has 27 heavy (non-hydrogen) atoms. The van der Waals surface area contributed by atoms with Gasteiger partial charge in [0.2, 0.25) is 5.75 Å². The summed E-state index contributed by atoms with van der Waals surface area (Å²) in [6.45, 7) is 9.71. The molecule has 7 nitrogen and oxygen atoms in total. The van der Waals surface area contributed by atoms with E-state index in [1.165, 1.54) is 19.8 Å². The summed E-state index contributed by atoms with van der Waals surface area (Å²) in [7, 11) is 4.81. The van der Waals surface area contributed by atoms with Crippen molar-refractivity contribution in [2.24, 2.45) is 4.99 Å². The van der Waals surface area contributed by atoms with Gasteiger partial charge in [-0.3, -0.25) is 9.89 Å². The van der Waals surface area contributed by atoms with Crippen molar-refractivity contribution in [2.45, 2.75) is 32.4 Å². The lowest BCUT2D eigenvalue weighted by Gasteiger charge is -2.33. The molecular weight excluding hydrogens is 344 g/mol. The summed E-state index contributed by atoms with van der Waals surface area (Å²) in [5.41, 5.74) is 2.14. The smallest absolute Gasteiger partial charge is 0.200 e. The van der Waals surface area contributed by atoms with Gasteiger partial charge in [-0.2, -0.15) is 0 Å². The number of phenolic OH excluding ortho intramolecular Hbond substituents is 1. The number of hydrogen-bond donors (Lipinski definition) is 3. The largest absolute Gasteiger partial charge is 0.502 e. The molecule has 2 rings (SSSR count). The molecule has 1 heterocycles. The Morgan fingerprint density at radius 1 is 1.26 bits per heavy atom. The molecule has 7 heteroatoms. The molecule has 0 aliphatic carbocycles. The van der Waals surface area contributed by atoms with E-state index in [-0.39, 0.29) is 5.75 Å². The average Bonchev–Trinajstić information content (AvgIpc) is 2.66. The molecular formula is C20H32N4O3. The zero-order chi connectivity index (χ0) is 19.8. The first-order valence-electron chi connectivity index (χ1n) is 9.24. The lowest BCUT2D eigenvalue weighted by atomic mass is 10.0. The number of benzene rings is 1. The highest BCUT2D eigenvalue weighted by Gasteiger charge is 2.20. The SMILES string of the molecule is C=C(C)CN1CCC(NC(=NC)NCc2cc(OC)c(O)c(OC)c2)CC1. The summed E-state index contributed by atoms with van der Waals surface area (Å²) < 4.78 is 10.4. The van der Waals surface area contributed by atoms with Crippen LogP contribution in [0.3, 0.4) is 0 Å². The van der Waals surface area contributed by atoms with Crippen LogP contribution in [0.4, 0.5) is 0 Å². The molecule has 0 amide bonds. The number of methoxy groups -OCH3 is 2. The number of aromatic hydroxyl groups is 1. The lowest BCUT2D eigenvalue weighted by Crippen LogP contribution is -2.48. The van der Waals surface area contributed by atoms with Crippen LogP contribution in [0, 0.1) is 0 Å². The van der Waals surface area contributed by atoms with Crippen molar-refractivity contribution in [1.82, 2.24) is 15.5 Å². The first-order valence-corrected chi connectivity index (χ1v) is 9.24. The van der Waals surface area contributed by atoms with E-state index in [9.17, 15) is 5.11 Å². The van der Waals surface area contributed by atoms with E-state index in [4.69, 9.17) is 9.47 Å². The van der Waals surface area contributed by atoms with E-state index in [1.807, 2.05) is 0 Å². The molecule has 0 bridgehead atoms. The molecule has 3 N–H and O–H groups in total. The monoisotopic (exact) mass is 376 g/mol.